The molecule has 2 saturated heterocycles. The van der Waals surface area contributed by atoms with E-state index in [0.717, 1.165) is 18.3 Å². The fraction of sp³-hybridized carbons (Fsp3) is 0.889. The highest BCUT2D eigenvalue weighted by atomic mass is 16.7. The monoisotopic (exact) mass is 710 g/mol. The third-order valence-electron chi connectivity index (χ3n) is 14.2. The number of ether oxygens (including phenoxy) is 6. The van der Waals surface area contributed by atoms with Gasteiger partial charge in [0.05, 0.1) is 41.5 Å². The van der Waals surface area contributed by atoms with Crippen LogP contribution >= 0.6 is 0 Å². The van der Waals surface area contributed by atoms with Crippen molar-refractivity contribution in [3.63, 3.8) is 0 Å². The van der Waals surface area contributed by atoms with Gasteiger partial charge in [0, 0.05) is 31.4 Å². The summed E-state index contributed by atoms with van der Waals surface area (Å²) in [6, 6.07) is 0. The van der Waals surface area contributed by atoms with Gasteiger partial charge in [-0.2, -0.15) is 0 Å². The first-order valence-electron chi connectivity index (χ1n) is 18.3. The van der Waals surface area contributed by atoms with Crippen LogP contribution in [0, 0.1) is 28.6 Å². The van der Waals surface area contributed by atoms with Crippen LogP contribution in [0.3, 0.4) is 0 Å². The van der Waals surface area contributed by atoms with Crippen molar-refractivity contribution < 1.29 is 68.6 Å². The predicted molar refractivity (Wildman–Crippen MR) is 171 cm³/mol. The van der Waals surface area contributed by atoms with Gasteiger partial charge in [-0.15, -0.1) is 0 Å². The Morgan fingerprint density at radius 1 is 0.960 bits per heavy atom. The van der Waals surface area contributed by atoms with Crippen LogP contribution in [0.25, 0.3) is 0 Å². The molecular formula is C36H54O14. The molecule has 282 valence electrons. The Bertz CT molecular complexity index is 1330. The molecule has 7 aliphatic rings. The highest BCUT2D eigenvalue weighted by molar-refractivity contribution is 5.85. The maximum atomic E-state index is 13.2. The molecular weight excluding hydrogens is 656 g/mol. The molecule has 17 atom stereocenters. The molecule has 0 bridgehead atoms. The fourth-order valence-corrected chi connectivity index (χ4v) is 11.5. The van der Waals surface area contributed by atoms with E-state index in [9.17, 15) is 40.2 Å². The number of fused-ring (bicyclic) bond motifs is 5. The van der Waals surface area contributed by atoms with Gasteiger partial charge in [-0.1, -0.05) is 6.92 Å². The van der Waals surface area contributed by atoms with E-state index in [1.54, 1.807) is 13.0 Å². The standard InChI is InChI=1S/C36H54O14/c1-18-31(50-32-30(42)29(41)28(40)25(15-37)49-32)24(45-3)13-27(47-18)48-20-4-9-34(17-38)22-5-8-33(2)21(19-12-26(39)46-16-19)7-11-36(33,44)23(22)6-10-35(34,43)14-20/h12,17-18,20-25,27-32,37,40-44H,4-11,13-16H2,1-3H3/t18-,20?,21+,22-,23?,24-,25+,27+,28+,29?,30+,31?,32-,33-,34+,35-,36-/m1/s1. The Labute approximate surface area is 292 Å². The SMILES string of the molecule is CO[C@@H]1C[C@H](OC2CC[C@]3(C=O)[C@@H]4CC[C@]5(C)[C@H](C6=CC(=O)OC6)CC[C@@]5(O)C4CC[C@@]3(O)C2)O[C@H](C)C1O[C@H]1O[C@@H](CO)[C@H](O)C(O)[C@@H]1O. The normalized spacial score (nSPS) is 53.5. The van der Waals surface area contributed by atoms with Crippen molar-refractivity contribution in [2.45, 2.75) is 151 Å². The molecule has 14 nitrogen and oxygen atoms in total. The van der Waals surface area contributed by atoms with Crippen LogP contribution in [0.1, 0.15) is 78.1 Å². The first-order chi connectivity index (χ1) is 23.7. The largest absolute Gasteiger partial charge is 0.458 e. The second-order valence-corrected chi connectivity index (χ2v) is 16.3. The molecule has 7 rings (SSSR count). The maximum absolute atomic E-state index is 13.2. The van der Waals surface area contributed by atoms with Gasteiger partial charge in [0.15, 0.2) is 12.6 Å². The van der Waals surface area contributed by atoms with Crippen molar-refractivity contribution in [1.82, 2.24) is 0 Å². The topological polar surface area (TPSA) is 211 Å². The number of aliphatic hydroxyl groups excluding tert-OH is 4. The van der Waals surface area contributed by atoms with Gasteiger partial charge in [0.2, 0.25) is 0 Å². The van der Waals surface area contributed by atoms with Gasteiger partial charge >= 0.3 is 5.97 Å². The Balaban J connectivity index is 1.01. The predicted octanol–water partition coefficient (Wildman–Crippen LogP) is 0.258. The molecule has 0 radical (unpaired) electrons. The van der Waals surface area contributed by atoms with Crippen LogP contribution in [0.15, 0.2) is 11.6 Å². The van der Waals surface area contributed by atoms with E-state index in [0.29, 0.717) is 44.9 Å². The lowest BCUT2D eigenvalue weighted by atomic mass is 9.41. The quantitative estimate of drug-likeness (QED) is 0.113. The summed E-state index contributed by atoms with van der Waals surface area (Å²) in [7, 11) is 1.51. The number of hydrogen-bond acceptors (Lipinski definition) is 14. The highest BCUT2D eigenvalue weighted by Gasteiger charge is 2.71. The molecule has 4 saturated carbocycles. The molecule has 0 aromatic heterocycles. The molecule has 6 fully saturated rings. The summed E-state index contributed by atoms with van der Waals surface area (Å²) in [4.78, 5) is 25.1. The molecule has 0 aromatic rings. The van der Waals surface area contributed by atoms with Crippen molar-refractivity contribution in [1.29, 1.82) is 0 Å². The van der Waals surface area contributed by atoms with Crippen molar-refractivity contribution in [3.8, 4) is 0 Å². The Kier molecular flexibility index (Phi) is 9.84. The molecule has 0 aromatic carbocycles. The number of methoxy groups -OCH3 is 1. The summed E-state index contributed by atoms with van der Waals surface area (Å²) < 4.78 is 35.2. The minimum atomic E-state index is -1.58. The number of rotatable bonds is 8. The van der Waals surface area contributed by atoms with Crippen LogP contribution in [-0.2, 0) is 38.0 Å². The first-order valence-corrected chi connectivity index (χ1v) is 18.3. The average molecular weight is 711 g/mol. The molecule has 0 amide bonds. The number of esters is 1. The van der Waals surface area contributed by atoms with Crippen LogP contribution in [0.4, 0.5) is 0 Å². The van der Waals surface area contributed by atoms with Gasteiger partial charge in [-0.05, 0) is 81.6 Å². The molecule has 0 spiro atoms. The molecule has 14 heteroatoms. The van der Waals surface area contributed by atoms with Crippen LogP contribution < -0.4 is 0 Å². The summed E-state index contributed by atoms with van der Waals surface area (Å²) in [6.45, 7) is 3.57. The highest BCUT2D eigenvalue weighted by Crippen LogP contribution is 2.70. The molecule has 3 heterocycles. The lowest BCUT2D eigenvalue weighted by Gasteiger charge is -2.65. The zero-order chi connectivity index (χ0) is 35.8. The van der Waals surface area contributed by atoms with Gasteiger partial charge in [-0.25, -0.2) is 4.79 Å². The third kappa shape index (κ3) is 5.55. The summed E-state index contributed by atoms with van der Waals surface area (Å²) in [5.41, 5.74) is -2.86. The van der Waals surface area contributed by atoms with Gasteiger partial charge in [0.25, 0.3) is 0 Å². The molecule has 50 heavy (non-hydrogen) atoms. The van der Waals surface area contributed by atoms with Crippen LogP contribution in [0.5, 0.6) is 0 Å². The number of aliphatic hydroxyl groups is 6. The van der Waals surface area contributed by atoms with Gasteiger partial charge in [0.1, 0.15) is 43.4 Å². The van der Waals surface area contributed by atoms with E-state index in [4.69, 9.17) is 28.4 Å². The van der Waals surface area contributed by atoms with E-state index in [1.807, 2.05) is 0 Å². The minimum absolute atomic E-state index is 0.0352. The third-order valence-corrected chi connectivity index (χ3v) is 14.2. The van der Waals surface area contributed by atoms with Crippen molar-refractivity contribution in [2.24, 2.45) is 28.6 Å². The second kappa shape index (κ2) is 13.4. The van der Waals surface area contributed by atoms with E-state index >= 15 is 0 Å². The average Bonchev–Trinajstić information content (AvgIpc) is 3.64. The number of carbonyl (C=O) groups is 2. The number of hydrogen-bond donors (Lipinski definition) is 6. The summed E-state index contributed by atoms with van der Waals surface area (Å²) in [5.74, 6) is -0.635. The van der Waals surface area contributed by atoms with E-state index in [1.165, 1.54) is 7.11 Å². The number of carbonyl (C=O) groups excluding carboxylic acids is 2. The Morgan fingerprint density at radius 3 is 2.40 bits per heavy atom. The minimum Gasteiger partial charge on any atom is -0.458 e. The van der Waals surface area contributed by atoms with E-state index in [2.05, 4.69) is 6.92 Å². The van der Waals surface area contributed by atoms with Crippen LogP contribution in [-0.4, -0.2) is 136 Å². The summed E-state index contributed by atoms with van der Waals surface area (Å²) in [5, 5.41) is 65.3. The number of cyclic esters (lactones) is 1. The lowest BCUT2D eigenvalue weighted by Crippen LogP contribution is -2.69. The zero-order valence-electron chi connectivity index (χ0n) is 29.1. The maximum Gasteiger partial charge on any atom is 0.331 e. The number of aldehydes is 1. The molecule has 4 unspecified atom stereocenters. The molecule has 6 N–H and O–H groups in total. The van der Waals surface area contributed by atoms with Crippen molar-refractivity contribution >= 4 is 12.3 Å². The first kappa shape index (κ1) is 36.8. The van der Waals surface area contributed by atoms with E-state index in [-0.39, 0.29) is 43.2 Å². The molecule has 4 aliphatic carbocycles. The zero-order valence-corrected chi connectivity index (χ0v) is 29.1. The van der Waals surface area contributed by atoms with Crippen molar-refractivity contribution in [3.05, 3.63) is 11.6 Å². The Hall–Kier alpha value is -1.56. The lowest BCUT2D eigenvalue weighted by molar-refractivity contribution is -0.346. The van der Waals surface area contributed by atoms with E-state index < -0.39 is 90.1 Å². The van der Waals surface area contributed by atoms with Gasteiger partial charge < -0.3 is 63.9 Å². The fourth-order valence-electron chi connectivity index (χ4n) is 11.5. The Morgan fingerprint density at radius 2 is 1.72 bits per heavy atom. The molecule has 3 aliphatic heterocycles. The second-order valence-electron chi connectivity index (χ2n) is 16.3. The summed E-state index contributed by atoms with van der Waals surface area (Å²) in [6.07, 6.45) is -2.52. The van der Waals surface area contributed by atoms with Crippen molar-refractivity contribution in [2.75, 3.05) is 20.3 Å². The summed E-state index contributed by atoms with van der Waals surface area (Å²) >= 11 is 0. The van der Waals surface area contributed by atoms with Gasteiger partial charge in [-0.3, -0.25) is 0 Å². The van der Waals surface area contributed by atoms with Crippen LogP contribution in [0.2, 0.25) is 0 Å². The smallest absolute Gasteiger partial charge is 0.331 e.